The van der Waals surface area contributed by atoms with E-state index in [1.807, 2.05) is 24.3 Å². The van der Waals surface area contributed by atoms with E-state index < -0.39 is 0 Å². The predicted molar refractivity (Wildman–Crippen MR) is 83.9 cm³/mol. The highest BCUT2D eigenvalue weighted by Crippen LogP contribution is 2.37. The fourth-order valence-electron chi connectivity index (χ4n) is 1.66. The van der Waals surface area contributed by atoms with Crippen molar-refractivity contribution >= 4 is 31.9 Å². The Balaban J connectivity index is 2.21. The van der Waals surface area contributed by atoms with Crippen LogP contribution >= 0.6 is 31.9 Å². The van der Waals surface area contributed by atoms with Crippen LogP contribution in [0.4, 0.5) is 0 Å². The minimum atomic E-state index is 0.425. The monoisotopic (exact) mass is 395 g/mol. The Bertz CT molecular complexity index is 648. The fourth-order valence-corrected chi connectivity index (χ4v) is 2.48. The van der Waals surface area contributed by atoms with E-state index in [2.05, 4.69) is 37.9 Å². The molecule has 0 aliphatic carbocycles. The van der Waals surface area contributed by atoms with E-state index in [-0.39, 0.29) is 0 Å². The van der Waals surface area contributed by atoms with Gasteiger partial charge in [0, 0.05) is 10.5 Å². The van der Waals surface area contributed by atoms with E-state index in [0.29, 0.717) is 28.1 Å². The summed E-state index contributed by atoms with van der Waals surface area (Å²) in [5.74, 6) is 1.13. The molecule has 0 unspecified atom stereocenters. The first kappa shape index (κ1) is 14.9. The third-order valence-electron chi connectivity index (χ3n) is 2.65. The number of hydrogen-bond donors (Lipinski definition) is 0. The minimum absolute atomic E-state index is 0.425. The Morgan fingerprint density at radius 2 is 1.85 bits per heavy atom. The van der Waals surface area contributed by atoms with E-state index in [1.165, 1.54) is 0 Å². The summed E-state index contributed by atoms with van der Waals surface area (Å²) >= 11 is 6.79. The number of nitrogens with zero attached hydrogens (tertiary/aromatic N) is 1. The first-order valence-electron chi connectivity index (χ1n) is 5.79. The topological polar surface area (TPSA) is 42.2 Å². The van der Waals surface area contributed by atoms with Crippen LogP contribution in [0.5, 0.6) is 11.5 Å². The first-order valence-corrected chi connectivity index (χ1v) is 7.37. The van der Waals surface area contributed by atoms with Gasteiger partial charge >= 0.3 is 0 Å². The Labute approximate surface area is 134 Å². The van der Waals surface area contributed by atoms with Crippen LogP contribution in [0.25, 0.3) is 0 Å². The number of ether oxygens (including phenoxy) is 2. The van der Waals surface area contributed by atoms with Crippen LogP contribution in [0.1, 0.15) is 11.1 Å². The molecule has 5 heteroatoms. The van der Waals surface area contributed by atoms with Crippen LogP contribution < -0.4 is 9.47 Å². The van der Waals surface area contributed by atoms with Crippen molar-refractivity contribution < 1.29 is 9.47 Å². The average Bonchev–Trinajstić information content (AvgIpc) is 2.47. The van der Waals surface area contributed by atoms with Gasteiger partial charge in [-0.2, -0.15) is 5.26 Å². The molecule has 0 aromatic heterocycles. The zero-order chi connectivity index (χ0) is 14.5. The second-order valence-corrected chi connectivity index (χ2v) is 5.79. The molecular weight excluding hydrogens is 386 g/mol. The van der Waals surface area contributed by atoms with Crippen LogP contribution in [0.15, 0.2) is 45.3 Å². The third-order valence-corrected chi connectivity index (χ3v) is 3.77. The molecule has 0 radical (unpaired) electrons. The molecule has 2 aromatic rings. The van der Waals surface area contributed by atoms with Crippen LogP contribution in [0, 0.1) is 11.3 Å². The Hall–Kier alpha value is -1.51. The Morgan fingerprint density at radius 1 is 1.15 bits per heavy atom. The third kappa shape index (κ3) is 3.53. The molecular formula is C15H11Br2NO2. The fraction of sp³-hybridized carbons (Fsp3) is 0.133. The van der Waals surface area contributed by atoms with Gasteiger partial charge in [-0.15, -0.1) is 0 Å². The smallest absolute Gasteiger partial charge is 0.175 e. The van der Waals surface area contributed by atoms with E-state index in [9.17, 15) is 0 Å². The molecule has 0 spiro atoms. The molecule has 0 heterocycles. The maximum Gasteiger partial charge on any atom is 0.175 e. The number of halogens is 2. The van der Waals surface area contributed by atoms with Crippen molar-refractivity contribution in [3.63, 3.8) is 0 Å². The van der Waals surface area contributed by atoms with E-state index >= 15 is 0 Å². The number of nitriles is 1. The molecule has 0 aliphatic rings. The van der Waals surface area contributed by atoms with Crippen molar-refractivity contribution in [2.75, 3.05) is 7.11 Å². The lowest BCUT2D eigenvalue weighted by atomic mass is 10.2. The summed E-state index contributed by atoms with van der Waals surface area (Å²) in [7, 11) is 1.55. The van der Waals surface area contributed by atoms with Gasteiger partial charge in [0.25, 0.3) is 0 Å². The lowest BCUT2D eigenvalue weighted by molar-refractivity contribution is 0.282. The van der Waals surface area contributed by atoms with Gasteiger partial charge < -0.3 is 9.47 Å². The normalized spacial score (nSPS) is 9.90. The maximum absolute atomic E-state index is 8.94. The van der Waals surface area contributed by atoms with Crippen LogP contribution in [0.3, 0.4) is 0 Å². The zero-order valence-corrected chi connectivity index (χ0v) is 13.9. The minimum Gasteiger partial charge on any atom is -0.493 e. The largest absolute Gasteiger partial charge is 0.493 e. The van der Waals surface area contributed by atoms with Gasteiger partial charge in [-0.25, -0.2) is 0 Å². The molecule has 2 rings (SSSR count). The van der Waals surface area contributed by atoms with Gasteiger partial charge in [-0.05, 0) is 39.7 Å². The van der Waals surface area contributed by atoms with Crippen molar-refractivity contribution in [2.24, 2.45) is 0 Å². The predicted octanol–water partition coefficient (Wildman–Crippen LogP) is 4.67. The number of methoxy groups -OCH3 is 1. The Kier molecular flexibility index (Phi) is 5.05. The number of benzene rings is 2. The summed E-state index contributed by atoms with van der Waals surface area (Å²) in [5.41, 5.74) is 1.57. The second kappa shape index (κ2) is 6.78. The molecule has 0 N–H and O–H groups in total. The van der Waals surface area contributed by atoms with Gasteiger partial charge in [-0.1, -0.05) is 28.1 Å². The molecule has 0 bridgehead atoms. The molecule has 2 aromatic carbocycles. The molecule has 0 atom stereocenters. The van der Waals surface area contributed by atoms with Crippen molar-refractivity contribution in [1.82, 2.24) is 0 Å². The number of rotatable bonds is 4. The molecule has 0 fully saturated rings. The van der Waals surface area contributed by atoms with Gasteiger partial charge in [0.1, 0.15) is 6.61 Å². The summed E-state index contributed by atoms with van der Waals surface area (Å²) in [4.78, 5) is 0. The maximum atomic E-state index is 8.94. The highest BCUT2D eigenvalue weighted by atomic mass is 79.9. The highest BCUT2D eigenvalue weighted by molar-refractivity contribution is 9.10. The average molecular weight is 397 g/mol. The molecule has 0 aliphatic heterocycles. The second-order valence-electron chi connectivity index (χ2n) is 4.02. The molecule has 0 saturated carbocycles. The summed E-state index contributed by atoms with van der Waals surface area (Å²) in [6.07, 6.45) is 0. The van der Waals surface area contributed by atoms with Gasteiger partial charge in [0.15, 0.2) is 11.5 Å². The molecule has 102 valence electrons. The van der Waals surface area contributed by atoms with Crippen LogP contribution in [-0.2, 0) is 6.61 Å². The lowest BCUT2D eigenvalue weighted by Gasteiger charge is -2.13. The lowest BCUT2D eigenvalue weighted by Crippen LogP contribution is -1.99. The standard InChI is InChI=1S/C15H11Br2NO2/c1-19-14-7-11(8-18)6-13(17)15(14)20-9-10-2-4-12(16)5-3-10/h2-7H,9H2,1H3. The molecule has 0 amide bonds. The Morgan fingerprint density at radius 3 is 2.45 bits per heavy atom. The van der Waals surface area contributed by atoms with Gasteiger partial charge in [0.2, 0.25) is 0 Å². The summed E-state index contributed by atoms with van der Waals surface area (Å²) in [5, 5.41) is 8.94. The van der Waals surface area contributed by atoms with Crippen molar-refractivity contribution in [2.45, 2.75) is 6.61 Å². The van der Waals surface area contributed by atoms with Crippen LogP contribution in [0.2, 0.25) is 0 Å². The molecule has 20 heavy (non-hydrogen) atoms. The van der Waals surface area contributed by atoms with E-state index in [4.69, 9.17) is 14.7 Å². The highest BCUT2D eigenvalue weighted by Gasteiger charge is 2.11. The number of hydrogen-bond acceptors (Lipinski definition) is 3. The summed E-state index contributed by atoms with van der Waals surface area (Å²) < 4.78 is 12.8. The molecule has 0 saturated heterocycles. The zero-order valence-electron chi connectivity index (χ0n) is 10.7. The van der Waals surface area contributed by atoms with Gasteiger partial charge in [-0.3, -0.25) is 0 Å². The summed E-state index contributed by atoms with van der Waals surface area (Å²) in [6, 6.07) is 13.3. The van der Waals surface area contributed by atoms with E-state index in [0.717, 1.165) is 10.0 Å². The van der Waals surface area contributed by atoms with E-state index in [1.54, 1.807) is 19.2 Å². The van der Waals surface area contributed by atoms with Crippen LogP contribution in [-0.4, -0.2) is 7.11 Å². The summed E-state index contributed by atoms with van der Waals surface area (Å²) in [6.45, 7) is 0.425. The van der Waals surface area contributed by atoms with Crippen molar-refractivity contribution in [3.8, 4) is 17.6 Å². The first-order chi connectivity index (χ1) is 9.63. The van der Waals surface area contributed by atoms with Crippen molar-refractivity contribution in [1.29, 1.82) is 5.26 Å². The quantitative estimate of drug-likeness (QED) is 0.753. The van der Waals surface area contributed by atoms with Gasteiger partial charge in [0.05, 0.1) is 23.2 Å². The van der Waals surface area contributed by atoms with Crippen molar-refractivity contribution in [3.05, 3.63) is 56.5 Å². The SMILES string of the molecule is COc1cc(C#N)cc(Br)c1OCc1ccc(Br)cc1. The molecule has 3 nitrogen and oxygen atoms in total.